The molecule has 1 radical (unpaired) electrons. The second kappa shape index (κ2) is 2.26. The van der Waals surface area contributed by atoms with E-state index in [2.05, 4.69) is 21.8 Å². The average Bonchev–Trinajstić information content (AvgIpc) is 1.90. The summed E-state index contributed by atoms with van der Waals surface area (Å²) in [5.74, 6) is 0.486. The fraction of sp³-hybridized carbons (Fsp3) is 0. The Morgan fingerprint density at radius 3 is 2.88 bits per heavy atom. The van der Waals surface area contributed by atoms with Gasteiger partial charge in [0.05, 0.1) is 0 Å². The minimum atomic E-state index is 0.486. The van der Waals surface area contributed by atoms with Gasteiger partial charge in [-0.1, -0.05) is 0 Å². The first-order valence-corrected chi connectivity index (χ1v) is 2.11. The van der Waals surface area contributed by atoms with Crippen LogP contribution >= 0.6 is 0 Å². The van der Waals surface area contributed by atoms with Crippen LogP contribution in [-0.2, 0) is 0 Å². The second-order valence-corrected chi connectivity index (χ2v) is 1.19. The van der Waals surface area contributed by atoms with Crippen molar-refractivity contribution in [3.8, 4) is 5.88 Å². The summed E-state index contributed by atoms with van der Waals surface area (Å²) >= 11 is 0. The van der Waals surface area contributed by atoms with Gasteiger partial charge in [0.2, 0.25) is 5.88 Å². The third-order valence-corrected chi connectivity index (χ3v) is 0.703. The lowest BCUT2D eigenvalue weighted by molar-refractivity contribution is 0.452. The summed E-state index contributed by atoms with van der Waals surface area (Å²) in [5, 5.41) is 0. The van der Waals surface area contributed by atoms with Gasteiger partial charge in [-0.05, 0) is 0 Å². The third kappa shape index (κ3) is 0.932. The first-order chi connectivity index (χ1) is 3.93. The maximum Gasteiger partial charge on any atom is 0.216 e. The van der Waals surface area contributed by atoms with Crippen LogP contribution in [0.3, 0.4) is 0 Å². The number of rotatable bonds is 1. The number of ether oxygens (including phenoxy) is 1. The molecule has 1 aromatic rings. The Labute approximate surface area is 47.3 Å². The normalized spacial score (nSPS) is 8.62. The van der Waals surface area contributed by atoms with Gasteiger partial charge in [-0.2, -0.15) is 0 Å². The molecule has 1 rings (SSSR count). The minimum Gasteiger partial charge on any atom is -0.474 e. The van der Waals surface area contributed by atoms with E-state index in [0.29, 0.717) is 5.88 Å². The molecule has 0 aromatic carbocycles. The lowest BCUT2D eigenvalue weighted by atomic mass is 10.6. The maximum absolute atomic E-state index is 4.51. The number of nitrogens with zero attached hydrogens (tertiary/aromatic N) is 2. The SMILES string of the molecule is [CH2]Oc1ccncn1. The Balaban J connectivity index is 2.83. The first kappa shape index (κ1) is 5.03. The van der Waals surface area contributed by atoms with Crippen molar-refractivity contribution in [1.29, 1.82) is 0 Å². The summed E-state index contributed by atoms with van der Waals surface area (Å²) in [4.78, 5) is 7.38. The zero-order chi connectivity index (χ0) is 5.82. The molecule has 41 valence electrons. The summed E-state index contributed by atoms with van der Waals surface area (Å²) in [6.07, 6.45) is 2.99. The summed E-state index contributed by atoms with van der Waals surface area (Å²) in [5.41, 5.74) is 0. The highest BCUT2D eigenvalue weighted by atomic mass is 16.5. The summed E-state index contributed by atoms with van der Waals surface area (Å²) in [6, 6.07) is 1.63. The second-order valence-electron chi connectivity index (χ2n) is 1.19. The molecule has 0 saturated heterocycles. The molecule has 0 unspecified atom stereocenters. The van der Waals surface area contributed by atoms with Crippen LogP contribution in [0.25, 0.3) is 0 Å². The van der Waals surface area contributed by atoms with Gasteiger partial charge in [0.25, 0.3) is 0 Å². The Morgan fingerprint density at radius 2 is 2.50 bits per heavy atom. The van der Waals surface area contributed by atoms with E-state index in [1.54, 1.807) is 12.3 Å². The van der Waals surface area contributed by atoms with Crippen molar-refractivity contribution < 1.29 is 4.74 Å². The molecule has 0 aliphatic carbocycles. The molecule has 3 heteroatoms. The highest BCUT2D eigenvalue weighted by molar-refractivity contribution is 5.03. The van der Waals surface area contributed by atoms with E-state index in [9.17, 15) is 0 Å². The predicted molar refractivity (Wildman–Crippen MR) is 28.0 cm³/mol. The van der Waals surface area contributed by atoms with Crippen LogP contribution in [0.4, 0.5) is 0 Å². The number of hydrogen-bond donors (Lipinski definition) is 0. The molecule has 0 fully saturated rings. The molecule has 1 aromatic heterocycles. The van der Waals surface area contributed by atoms with Crippen LogP contribution in [0, 0.1) is 7.11 Å². The van der Waals surface area contributed by atoms with E-state index in [1.165, 1.54) is 6.33 Å². The van der Waals surface area contributed by atoms with Crippen LogP contribution in [0.1, 0.15) is 0 Å². The lowest BCUT2D eigenvalue weighted by Crippen LogP contribution is -1.82. The Bertz CT molecular complexity index is 152. The van der Waals surface area contributed by atoms with E-state index in [1.807, 2.05) is 0 Å². The average molecular weight is 109 g/mol. The minimum absolute atomic E-state index is 0.486. The quantitative estimate of drug-likeness (QED) is 0.531. The van der Waals surface area contributed by atoms with Crippen molar-refractivity contribution in [3.63, 3.8) is 0 Å². The lowest BCUT2D eigenvalue weighted by Gasteiger charge is -1.91. The Kier molecular flexibility index (Phi) is 1.42. The first-order valence-electron chi connectivity index (χ1n) is 2.11. The van der Waals surface area contributed by atoms with Gasteiger partial charge in [-0.3, -0.25) is 0 Å². The van der Waals surface area contributed by atoms with Crippen LogP contribution in [0.15, 0.2) is 18.6 Å². The van der Waals surface area contributed by atoms with E-state index >= 15 is 0 Å². The molecule has 1 heterocycles. The molecule has 8 heavy (non-hydrogen) atoms. The fourth-order valence-corrected chi connectivity index (χ4v) is 0.364. The molecule has 0 amide bonds. The fourth-order valence-electron chi connectivity index (χ4n) is 0.364. The molecule has 0 aliphatic rings. The van der Waals surface area contributed by atoms with Crippen LogP contribution < -0.4 is 4.74 Å². The van der Waals surface area contributed by atoms with E-state index in [-0.39, 0.29) is 0 Å². The number of aromatic nitrogens is 2. The summed E-state index contributed by atoms with van der Waals surface area (Å²) in [6.45, 7) is 0. The monoisotopic (exact) mass is 109 g/mol. The topological polar surface area (TPSA) is 35.0 Å². The highest BCUT2D eigenvalue weighted by Crippen LogP contribution is 1.98. The van der Waals surface area contributed by atoms with Gasteiger partial charge in [0.1, 0.15) is 13.4 Å². The molecule has 0 aliphatic heterocycles. The standard InChI is InChI=1S/C5H5N2O/c1-8-5-2-3-6-4-7-5/h2-4H,1H2. The molecular weight excluding hydrogens is 104 g/mol. The van der Waals surface area contributed by atoms with Gasteiger partial charge in [-0.25, -0.2) is 9.97 Å². The van der Waals surface area contributed by atoms with Crippen LogP contribution in [0.5, 0.6) is 5.88 Å². The van der Waals surface area contributed by atoms with Crippen molar-refractivity contribution in [2.75, 3.05) is 0 Å². The zero-order valence-corrected chi connectivity index (χ0v) is 4.24. The van der Waals surface area contributed by atoms with Crippen molar-refractivity contribution in [3.05, 3.63) is 25.7 Å². The van der Waals surface area contributed by atoms with Gasteiger partial charge in [-0.15, -0.1) is 0 Å². The molecule has 0 spiro atoms. The Hall–Kier alpha value is -1.12. The van der Waals surface area contributed by atoms with Gasteiger partial charge >= 0.3 is 0 Å². The summed E-state index contributed by atoms with van der Waals surface area (Å²) in [7, 11) is 3.17. The molecule has 0 atom stereocenters. The molecule has 3 nitrogen and oxygen atoms in total. The molecular formula is C5H5N2O. The zero-order valence-electron chi connectivity index (χ0n) is 4.24. The predicted octanol–water partition coefficient (Wildman–Crippen LogP) is 0.647. The van der Waals surface area contributed by atoms with Gasteiger partial charge < -0.3 is 4.74 Å². The van der Waals surface area contributed by atoms with Crippen molar-refractivity contribution in [1.82, 2.24) is 9.97 Å². The van der Waals surface area contributed by atoms with E-state index < -0.39 is 0 Å². The number of hydrogen-bond acceptors (Lipinski definition) is 3. The van der Waals surface area contributed by atoms with Gasteiger partial charge in [0.15, 0.2) is 0 Å². The maximum atomic E-state index is 4.51. The molecule has 0 bridgehead atoms. The summed E-state index contributed by atoms with van der Waals surface area (Å²) < 4.78 is 4.51. The van der Waals surface area contributed by atoms with E-state index in [0.717, 1.165) is 0 Å². The largest absolute Gasteiger partial charge is 0.474 e. The van der Waals surface area contributed by atoms with Crippen LogP contribution in [0.2, 0.25) is 0 Å². The highest BCUT2D eigenvalue weighted by Gasteiger charge is 1.83. The van der Waals surface area contributed by atoms with E-state index in [4.69, 9.17) is 0 Å². The van der Waals surface area contributed by atoms with Crippen molar-refractivity contribution in [2.24, 2.45) is 0 Å². The van der Waals surface area contributed by atoms with Crippen molar-refractivity contribution in [2.45, 2.75) is 0 Å². The Morgan fingerprint density at radius 1 is 1.62 bits per heavy atom. The van der Waals surface area contributed by atoms with Crippen LogP contribution in [-0.4, -0.2) is 9.97 Å². The molecule has 0 saturated carbocycles. The molecule has 0 N–H and O–H groups in total. The smallest absolute Gasteiger partial charge is 0.216 e. The van der Waals surface area contributed by atoms with Gasteiger partial charge in [0, 0.05) is 12.3 Å². The third-order valence-electron chi connectivity index (χ3n) is 0.703. The van der Waals surface area contributed by atoms with Crippen molar-refractivity contribution >= 4 is 0 Å².